The van der Waals surface area contributed by atoms with E-state index in [4.69, 9.17) is 5.11 Å². The second kappa shape index (κ2) is 6.14. The van der Waals surface area contributed by atoms with E-state index in [1.54, 1.807) is 0 Å². The molecule has 2 rings (SSSR count). The van der Waals surface area contributed by atoms with Crippen LogP contribution in [0.3, 0.4) is 0 Å². The van der Waals surface area contributed by atoms with Gasteiger partial charge in [-0.05, 0) is 45.1 Å². The van der Waals surface area contributed by atoms with Gasteiger partial charge in [0.05, 0.1) is 6.10 Å². The molecule has 3 N–H and O–H groups in total. The van der Waals surface area contributed by atoms with Crippen molar-refractivity contribution in [1.82, 2.24) is 10.2 Å². The predicted octanol–water partition coefficient (Wildman–Crippen LogP) is 0.192. The normalized spacial score (nSPS) is 32.6. The van der Waals surface area contributed by atoms with Gasteiger partial charge >= 0.3 is 0 Å². The Balaban J connectivity index is 1.82. The highest BCUT2D eigenvalue weighted by Gasteiger charge is 2.37. The molecule has 3 unspecified atom stereocenters. The molecule has 2 fully saturated rings. The Labute approximate surface area is 104 Å². The molecule has 0 aromatic rings. The Morgan fingerprint density at radius 2 is 2.12 bits per heavy atom. The van der Waals surface area contributed by atoms with Crippen molar-refractivity contribution in [2.75, 3.05) is 26.2 Å². The van der Waals surface area contributed by atoms with Gasteiger partial charge in [0.2, 0.25) is 0 Å². The highest BCUT2D eigenvalue weighted by molar-refractivity contribution is 4.93. The van der Waals surface area contributed by atoms with Crippen LogP contribution in [-0.4, -0.2) is 59.5 Å². The molecule has 0 bridgehead atoms. The minimum absolute atomic E-state index is 0.210. The van der Waals surface area contributed by atoms with E-state index in [1.807, 2.05) is 6.92 Å². The Hall–Kier alpha value is -0.160. The number of rotatable bonds is 6. The van der Waals surface area contributed by atoms with Crippen LogP contribution in [0.15, 0.2) is 0 Å². The quantitative estimate of drug-likeness (QED) is 0.582. The maximum atomic E-state index is 9.79. The van der Waals surface area contributed by atoms with Gasteiger partial charge in [0.25, 0.3) is 0 Å². The first-order valence-corrected chi connectivity index (χ1v) is 6.97. The Bertz CT molecular complexity index is 221. The van der Waals surface area contributed by atoms with Crippen LogP contribution in [0, 0.1) is 5.92 Å². The van der Waals surface area contributed by atoms with Crippen LogP contribution in [0.5, 0.6) is 0 Å². The van der Waals surface area contributed by atoms with E-state index in [9.17, 15) is 5.11 Å². The van der Waals surface area contributed by atoms with E-state index >= 15 is 0 Å². The van der Waals surface area contributed by atoms with Crippen molar-refractivity contribution in [2.45, 2.75) is 50.8 Å². The lowest BCUT2D eigenvalue weighted by Crippen LogP contribution is -2.52. The number of nitrogens with zero attached hydrogens (tertiary/aromatic N) is 1. The molecule has 0 amide bonds. The molecule has 3 atom stereocenters. The molecule has 100 valence electrons. The summed E-state index contributed by atoms with van der Waals surface area (Å²) in [5.41, 5.74) is 0. The van der Waals surface area contributed by atoms with Gasteiger partial charge in [-0.3, -0.25) is 4.90 Å². The van der Waals surface area contributed by atoms with Crippen molar-refractivity contribution in [3.63, 3.8) is 0 Å². The zero-order chi connectivity index (χ0) is 12.3. The van der Waals surface area contributed by atoms with Gasteiger partial charge in [0.15, 0.2) is 0 Å². The summed E-state index contributed by atoms with van der Waals surface area (Å²) in [5.74, 6) is 0.399. The second-order valence-electron chi connectivity index (χ2n) is 5.65. The van der Waals surface area contributed by atoms with Crippen LogP contribution < -0.4 is 5.32 Å². The lowest BCUT2D eigenvalue weighted by atomic mass is 9.90. The fourth-order valence-corrected chi connectivity index (χ4v) is 2.79. The summed E-state index contributed by atoms with van der Waals surface area (Å²) < 4.78 is 0. The number of aliphatic hydroxyl groups excluding tert-OH is 2. The highest BCUT2D eigenvalue weighted by atomic mass is 16.3. The minimum atomic E-state index is -0.210. The van der Waals surface area contributed by atoms with Crippen LogP contribution in [0.2, 0.25) is 0 Å². The number of piperidine rings is 1. The second-order valence-corrected chi connectivity index (χ2v) is 5.65. The van der Waals surface area contributed by atoms with Gasteiger partial charge in [0.1, 0.15) is 0 Å². The van der Waals surface area contributed by atoms with Gasteiger partial charge in [0, 0.05) is 31.8 Å². The summed E-state index contributed by atoms with van der Waals surface area (Å²) in [6.45, 7) is 5.21. The molecule has 0 spiro atoms. The first-order valence-electron chi connectivity index (χ1n) is 6.97. The predicted molar refractivity (Wildman–Crippen MR) is 67.9 cm³/mol. The monoisotopic (exact) mass is 242 g/mol. The van der Waals surface area contributed by atoms with Crippen LogP contribution in [0.4, 0.5) is 0 Å². The summed E-state index contributed by atoms with van der Waals surface area (Å²) in [6, 6.07) is 1.26. The van der Waals surface area contributed by atoms with Gasteiger partial charge < -0.3 is 15.5 Å². The molecule has 0 aromatic heterocycles. The maximum Gasteiger partial charge on any atom is 0.0553 e. The molecule has 17 heavy (non-hydrogen) atoms. The van der Waals surface area contributed by atoms with E-state index in [1.165, 1.54) is 12.8 Å². The van der Waals surface area contributed by atoms with E-state index in [0.717, 1.165) is 38.5 Å². The topological polar surface area (TPSA) is 55.7 Å². The van der Waals surface area contributed by atoms with Gasteiger partial charge in [-0.15, -0.1) is 0 Å². The first-order chi connectivity index (χ1) is 8.20. The molecule has 1 saturated heterocycles. The number of hydrogen-bond donors (Lipinski definition) is 3. The third-order valence-electron chi connectivity index (χ3n) is 4.02. The van der Waals surface area contributed by atoms with E-state index < -0.39 is 0 Å². The molecule has 1 aliphatic carbocycles. The smallest absolute Gasteiger partial charge is 0.0553 e. The van der Waals surface area contributed by atoms with Crippen molar-refractivity contribution in [1.29, 1.82) is 0 Å². The fourth-order valence-electron chi connectivity index (χ4n) is 2.79. The van der Waals surface area contributed by atoms with Crippen molar-refractivity contribution in [3.05, 3.63) is 0 Å². The van der Waals surface area contributed by atoms with Crippen molar-refractivity contribution < 1.29 is 10.2 Å². The highest BCUT2D eigenvalue weighted by Crippen LogP contribution is 2.31. The summed E-state index contributed by atoms with van der Waals surface area (Å²) in [7, 11) is 0. The average Bonchev–Trinajstić information content (AvgIpc) is 3.13. The molecular weight excluding hydrogens is 216 g/mol. The first kappa shape index (κ1) is 13.3. The number of nitrogens with one attached hydrogen (secondary N) is 1. The molecule has 4 nitrogen and oxygen atoms in total. The molecular formula is C13H26N2O2. The molecule has 0 aromatic carbocycles. The number of aliphatic hydroxyl groups is 2. The summed E-state index contributed by atoms with van der Waals surface area (Å²) in [6.07, 6.45) is 4.33. The maximum absolute atomic E-state index is 9.79. The molecule has 0 radical (unpaired) electrons. The Morgan fingerprint density at radius 3 is 2.71 bits per heavy atom. The Morgan fingerprint density at radius 1 is 1.35 bits per heavy atom. The average molecular weight is 242 g/mol. The lowest BCUT2D eigenvalue weighted by molar-refractivity contribution is 0.0445. The molecule has 1 aliphatic heterocycles. The fraction of sp³-hybridized carbons (Fsp3) is 1.00. The van der Waals surface area contributed by atoms with E-state index in [0.29, 0.717) is 12.0 Å². The van der Waals surface area contributed by atoms with Crippen LogP contribution >= 0.6 is 0 Å². The third-order valence-corrected chi connectivity index (χ3v) is 4.02. The van der Waals surface area contributed by atoms with E-state index in [-0.39, 0.29) is 12.7 Å². The van der Waals surface area contributed by atoms with Crippen LogP contribution in [0.25, 0.3) is 0 Å². The van der Waals surface area contributed by atoms with E-state index in [2.05, 4.69) is 10.2 Å². The van der Waals surface area contributed by atoms with Crippen LogP contribution in [0.1, 0.15) is 32.6 Å². The molecule has 2 aliphatic rings. The van der Waals surface area contributed by atoms with Crippen molar-refractivity contribution in [2.24, 2.45) is 5.92 Å². The lowest BCUT2D eigenvalue weighted by Gasteiger charge is -2.39. The minimum Gasteiger partial charge on any atom is -0.396 e. The zero-order valence-electron chi connectivity index (χ0n) is 10.8. The largest absolute Gasteiger partial charge is 0.396 e. The molecule has 1 saturated carbocycles. The SMILES string of the molecule is CC(O)C1CC(NCCCO)CN(C2CC2)C1. The molecule has 1 heterocycles. The van der Waals surface area contributed by atoms with Gasteiger partial charge in [-0.1, -0.05) is 0 Å². The Kier molecular flexibility index (Phi) is 4.79. The van der Waals surface area contributed by atoms with Crippen molar-refractivity contribution in [3.8, 4) is 0 Å². The van der Waals surface area contributed by atoms with Crippen molar-refractivity contribution >= 4 is 0 Å². The molecule has 4 heteroatoms. The number of hydrogen-bond acceptors (Lipinski definition) is 4. The van der Waals surface area contributed by atoms with Gasteiger partial charge in [-0.2, -0.15) is 0 Å². The third kappa shape index (κ3) is 3.91. The summed E-state index contributed by atoms with van der Waals surface area (Å²) in [5, 5.41) is 22.1. The zero-order valence-corrected chi connectivity index (χ0v) is 10.8. The van der Waals surface area contributed by atoms with Gasteiger partial charge in [-0.25, -0.2) is 0 Å². The summed E-state index contributed by atoms with van der Waals surface area (Å²) in [4.78, 5) is 2.54. The summed E-state index contributed by atoms with van der Waals surface area (Å²) >= 11 is 0. The number of likely N-dealkylation sites (tertiary alicyclic amines) is 1. The standard InChI is InChI=1S/C13H26N2O2/c1-10(17)11-7-12(14-5-2-6-16)9-15(8-11)13-3-4-13/h10-14,16-17H,2-9H2,1H3. The van der Waals surface area contributed by atoms with Crippen LogP contribution in [-0.2, 0) is 0 Å².